The summed E-state index contributed by atoms with van der Waals surface area (Å²) in [6, 6.07) is -1.70. The lowest BCUT2D eigenvalue weighted by Gasteiger charge is -2.50. The van der Waals surface area contributed by atoms with Crippen molar-refractivity contribution in [3.05, 3.63) is 0 Å². The average Bonchev–Trinajstić information content (AvgIpc) is 0.783. The molecule has 42 nitrogen and oxygen atoms in total. The molecule has 1 amide bonds. The van der Waals surface area contributed by atoms with Gasteiger partial charge in [-0.05, 0) is 0 Å². The molecule has 0 saturated carbocycles. The normalized spacial score (nSPS) is 48.5. The van der Waals surface area contributed by atoms with E-state index in [4.69, 9.17) is 66.3 Å². The highest BCUT2D eigenvalue weighted by atomic mass is 16.8. The Morgan fingerprint density at radius 1 is 0.348 bits per heavy atom. The number of aliphatic hydroxyl groups excluding tert-OH is 26. The highest BCUT2D eigenvalue weighted by molar-refractivity contribution is 5.73. The van der Waals surface area contributed by atoms with Crippen LogP contribution in [0.25, 0.3) is 0 Å². The van der Waals surface area contributed by atoms with Crippen LogP contribution in [0.1, 0.15) is 6.92 Å². The summed E-state index contributed by atoms with van der Waals surface area (Å²) in [7, 11) is 0. The monoisotopic (exact) mass is 1360 g/mol. The maximum atomic E-state index is 12.1. The van der Waals surface area contributed by atoms with E-state index in [0.717, 1.165) is 6.92 Å². The van der Waals surface area contributed by atoms with Gasteiger partial charge < -0.3 is 204 Å². The highest BCUT2D eigenvalue weighted by Gasteiger charge is 2.58. The van der Waals surface area contributed by atoms with E-state index in [-0.39, 0.29) is 0 Å². The Labute approximate surface area is 520 Å². The van der Waals surface area contributed by atoms with E-state index < -0.39 is 305 Å². The molecule has 7 aliphatic rings. The van der Waals surface area contributed by atoms with Gasteiger partial charge in [-0.3, -0.25) is 4.79 Å². The van der Waals surface area contributed by atoms with Gasteiger partial charge in [-0.1, -0.05) is 0 Å². The number of hydrogen-bond donors (Lipinski definition) is 27. The third-order valence-corrected chi connectivity index (χ3v) is 16.7. The topological polar surface area (TPSA) is 684 Å². The van der Waals surface area contributed by atoms with Crippen molar-refractivity contribution in [3.8, 4) is 0 Å². The fourth-order valence-corrected chi connectivity index (χ4v) is 11.2. The van der Waals surface area contributed by atoms with Gasteiger partial charge in [0.25, 0.3) is 0 Å². The maximum absolute atomic E-state index is 12.1. The molecule has 538 valence electrons. The van der Waals surface area contributed by atoms with Crippen LogP contribution < -0.4 is 5.32 Å². The molecular weight excluding hydrogens is 1270 g/mol. The Bertz CT molecular complexity index is 2210. The fraction of sp³-hybridized carbons (Fsp3) is 0.980. The van der Waals surface area contributed by atoms with Crippen molar-refractivity contribution in [1.29, 1.82) is 0 Å². The van der Waals surface area contributed by atoms with Crippen molar-refractivity contribution in [3.63, 3.8) is 0 Å². The molecule has 0 aromatic carbocycles. The van der Waals surface area contributed by atoms with Crippen LogP contribution in [0.15, 0.2) is 0 Å². The van der Waals surface area contributed by atoms with Crippen LogP contribution in [0.2, 0.25) is 0 Å². The first-order valence-electron chi connectivity index (χ1n) is 29.1. The summed E-state index contributed by atoms with van der Waals surface area (Å²) in [5.74, 6) is -0.844. The first kappa shape index (κ1) is 77.2. The number of nitrogens with one attached hydrogen (secondary N) is 1. The predicted octanol–water partition coefficient (Wildman–Crippen LogP) is -18.7. The summed E-state index contributed by atoms with van der Waals surface area (Å²) >= 11 is 0. The molecule has 0 aromatic rings. The molecule has 7 saturated heterocycles. The minimum absolute atomic E-state index is 0.844. The number of rotatable bonds is 27. The summed E-state index contributed by atoms with van der Waals surface area (Å²) in [6.07, 6.45) is -79.5. The van der Waals surface area contributed by atoms with Crippen LogP contribution in [0, 0.1) is 0 Å². The molecule has 7 fully saturated rings. The van der Waals surface area contributed by atoms with Crippen LogP contribution in [-0.4, -0.2) is 437 Å². The second-order valence-electron chi connectivity index (χ2n) is 23.0. The van der Waals surface area contributed by atoms with E-state index in [9.17, 15) is 138 Å². The summed E-state index contributed by atoms with van der Waals surface area (Å²) in [5, 5.41) is 282. The lowest BCUT2D eigenvalue weighted by atomic mass is 9.95. The summed E-state index contributed by atoms with van der Waals surface area (Å²) in [4.78, 5) is 12.1. The zero-order valence-corrected chi connectivity index (χ0v) is 48.6. The van der Waals surface area contributed by atoms with Crippen LogP contribution in [0.5, 0.6) is 0 Å². The SMILES string of the molecule is CC(=O)N[C@@H](CO)[C@@H](O)[C@H](O[C@@H]1O[C@H](CO[C@H]2O[C@H](CO[C@H]3O[C@H](CO)[C@@H](O)[C@H](O)[C@@H]3O[C@H]3O[C@H](CO)[C@@H](O)[C@H](O)[C@@H]3O)[C@@H](O)[C@H](O)[C@@H]2O)[C@@H](O)[C@H](O[C@H]2O[C@H](CO)[C@@H](O)[C@H](O)[C@@H]2O[C@H]2O[C@H](CO)[C@@H](O)[C@H](O)[C@@H]2O[C@H]2O[C@H](CO)[C@@H](O)[C@H](O)[C@@H]2O)[C@@H]1O)[C@H](O)CO. The van der Waals surface area contributed by atoms with Crippen LogP contribution in [0.4, 0.5) is 0 Å². The molecule has 0 radical (unpaired) electrons. The lowest BCUT2D eigenvalue weighted by Crippen LogP contribution is -2.68. The van der Waals surface area contributed by atoms with E-state index in [1.165, 1.54) is 0 Å². The van der Waals surface area contributed by atoms with Gasteiger partial charge in [-0.15, -0.1) is 0 Å². The van der Waals surface area contributed by atoms with Gasteiger partial charge in [0, 0.05) is 6.92 Å². The number of hydrogen-bond acceptors (Lipinski definition) is 41. The first-order valence-corrected chi connectivity index (χ1v) is 29.1. The van der Waals surface area contributed by atoms with Crippen molar-refractivity contribution in [2.75, 3.05) is 59.5 Å². The molecule has 0 spiro atoms. The van der Waals surface area contributed by atoms with Gasteiger partial charge in [-0.2, -0.15) is 0 Å². The molecular formula is C50H87NO41. The largest absolute Gasteiger partial charge is 0.394 e. The first-order chi connectivity index (χ1) is 43.5. The molecule has 0 unspecified atom stereocenters. The molecule has 27 N–H and O–H groups in total. The van der Waals surface area contributed by atoms with Crippen molar-refractivity contribution >= 4 is 5.91 Å². The average molecular weight is 1360 g/mol. The number of amides is 1. The molecule has 7 heterocycles. The lowest BCUT2D eigenvalue weighted by molar-refractivity contribution is -0.406. The molecule has 92 heavy (non-hydrogen) atoms. The Hall–Kier alpha value is -2.13. The smallest absolute Gasteiger partial charge is 0.217 e. The fourth-order valence-electron chi connectivity index (χ4n) is 11.2. The Kier molecular flexibility index (Phi) is 28.6. The summed E-state index contributed by atoms with van der Waals surface area (Å²) in [6.45, 7) is -8.53. The number of aliphatic hydroxyl groups is 26. The zero-order chi connectivity index (χ0) is 68.1. The highest BCUT2D eigenvalue weighted by Crippen LogP contribution is 2.38. The number of ether oxygens (including phenoxy) is 14. The van der Waals surface area contributed by atoms with Gasteiger partial charge in [0.15, 0.2) is 44.0 Å². The van der Waals surface area contributed by atoms with Gasteiger partial charge >= 0.3 is 0 Å². The van der Waals surface area contributed by atoms with Gasteiger partial charge in [0.2, 0.25) is 5.91 Å². The maximum Gasteiger partial charge on any atom is 0.217 e. The Morgan fingerprint density at radius 2 is 0.663 bits per heavy atom. The standard InChI is InChI=1S/C50H87NO41/c1-11(59)51-12(2-52)21(61)39(13(60)3-53)88-47-38(78)40(89-49-43(34(74)26(66)17(7-57)84-49)92-50-42(33(73)25(65)18(8-58)85-50)91-46-37(77)30(70)23(63)15(5-55)82-46)28(68)20(87-47)10-79-44-35(75)31(71)27(67)19(86-44)9-80-48-41(32(72)24(64)16(6-56)83-48)90-45-36(76)29(69)22(62)14(4-54)81-45/h12-50,52-58,60-78H,2-10H2,1H3,(H,51,59)/t12-,13+,14+,15+,16+,17+,18+,19+,20+,21+,22+,23+,24+,25+,26+,27+,28+,29-,30-,31-,32-,33-,34-,35-,36-,37-,38-,39+,40-,41-,42-,43-,44-,45+,46+,47-,48-,49+,50+/m0/s1. The minimum atomic E-state index is -2.50. The number of carbonyl (C=O) groups is 1. The van der Waals surface area contributed by atoms with E-state index in [1.807, 2.05) is 0 Å². The number of carbonyl (C=O) groups excluding carboxylic acids is 1. The van der Waals surface area contributed by atoms with E-state index in [2.05, 4.69) is 5.32 Å². The predicted molar refractivity (Wildman–Crippen MR) is 278 cm³/mol. The van der Waals surface area contributed by atoms with Crippen molar-refractivity contribution in [1.82, 2.24) is 5.32 Å². The summed E-state index contributed by atoms with van der Waals surface area (Å²) < 4.78 is 80.1. The van der Waals surface area contributed by atoms with Gasteiger partial charge in [0.05, 0.1) is 65.5 Å². The molecule has 0 bridgehead atoms. The van der Waals surface area contributed by atoms with Crippen molar-refractivity contribution in [2.24, 2.45) is 0 Å². The Morgan fingerprint density at radius 3 is 1.07 bits per heavy atom. The zero-order valence-electron chi connectivity index (χ0n) is 48.6. The van der Waals surface area contributed by atoms with E-state index in [1.54, 1.807) is 0 Å². The van der Waals surface area contributed by atoms with E-state index >= 15 is 0 Å². The van der Waals surface area contributed by atoms with Crippen molar-refractivity contribution in [2.45, 2.75) is 246 Å². The van der Waals surface area contributed by atoms with Gasteiger partial charge in [0.1, 0.15) is 189 Å². The van der Waals surface area contributed by atoms with Crippen molar-refractivity contribution < 1.29 is 204 Å². The second-order valence-corrected chi connectivity index (χ2v) is 23.0. The molecule has 7 rings (SSSR count). The minimum Gasteiger partial charge on any atom is -0.394 e. The van der Waals surface area contributed by atoms with Crippen LogP contribution in [0.3, 0.4) is 0 Å². The quantitative estimate of drug-likeness (QED) is 0.0363. The summed E-state index contributed by atoms with van der Waals surface area (Å²) in [5.41, 5.74) is 0. The van der Waals surface area contributed by atoms with E-state index in [0.29, 0.717) is 0 Å². The molecule has 0 aliphatic carbocycles. The molecule has 39 atom stereocenters. The molecule has 7 aliphatic heterocycles. The Balaban J connectivity index is 1.17. The third-order valence-electron chi connectivity index (χ3n) is 16.7. The van der Waals surface area contributed by atoms with Crippen LogP contribution >= 0.6 is 0 Å². The van der Waals surface area contributed by atoms with Crippen LogP contribution in [-0.2, 0) is 71.1 Å². The van der Waals surface area contributed by atoms with Gasteiger partial charge in [-0.25, -0.2) is 0 Å². The molecule has 0 aromatic heterocycles. The third kappa shape index (κ3) is 16.9. The second kappa shape index (κ2) is 34.1. The molecule has 42 heteroatoms.